The number of aromatic nitrogens is 3. The van der Waals surface area contributed by atoms with E-state index in [9.17, 15) is 19.1 Å². The molecule has 2 aliphatic rings. The van der Waals surface area contributed by atoms with Crippen LogP contribution in [0.5, 0.6) is 0 Å². The van der Waals surface area contributed by atoms with Gasteiger partial charge in [0.1, 0.15) is 6.04 Å². The van der Waals surface area contributed by atoms with Gasteiger partial charge in [-0.2, -0.15) is 0 Å². The average Bonchev–Trinajstić information content (AvgIpc) is 3.21. The van der Waals surface area contributed by atoms with Gasteiger partial charge in [0.05, 0.1) is 24.6 Å². The van der Waals surface area contributed by atoms with Crippen molar-refractivity contribution in [1.29, 1.82) is 0 Å². The number of aryl methyl sites for hydroxylation is 1. The number of anilines is 3. The standard InChI is InChI=1S/C30H30FN7O3/c1-18-12-23(19-6-4-3-5-7-19)26(36(18)2)27(39)29(41)35-22-8-9-24-20(13-22)14-32-28(40)25-17-37(10-11-38(24)25)30-33-15-21(31)16-34-30/h3-9,12-13,15-16,25,27,39H,10-11,14,17H2,1-2H3,(H,32,40)(H,35,41). The largest absolute Gasteiger partial charge is 0.377 e. The molecule has 1 saturated heterocycles. The lowest BCUT2D eigenvalue weighted by atomic mass is 10.0. The summed E-state index contributed by atoms with van der Waals surface area (Å²) in [4.78, 5) is 38.4. The van der Waals surface area contributed by atoms with E-state index >= 15 is 0 Å². The van der Waals surface area contributed by atoms with Crippen molar-refractivity contribution < 1.29 is 19.1 Å². The molecule has 2 aliphatic heterocycles. The van der Waals surface area contributed by atoms with E-state index in [2.05, 4.69) is 20.6 Å². The van der Waals surface area contributed by atoms with Gasteiger partial charge in [0, 0.05) is 49.3 Å². The average molecular weight is 556 g/mol. The van der Waals surface area contributed by atoms with Gasteiger partial charge in [0.2, 0.25) is 11.9 Å². The van der Waals surface area contributed by atoms with E-state index in [0.717, 1.165) is 40.5 Å². The molecule has 4 heterocycles. The van der Waals surface area contributed by atoms with Crippen LogP contribution in [0, 0.1) is 12.7 Å². The third-order valence-corrected chi connectivity index (χ3v) is 7.79. The molecule has 4 aromatic rings. The van der Waals surface area contributed by atoms with Gasteiger partial charge >= 0.3 is 0 Å². The number of hydrogen-bond acceptors (Lipinski definition) is 7. The first kappa shape index (κ1) is 26.5. The van der Waals surface area contributed by atoms with Crippen molar-refractivity contribution in [2.24, 2.45) is 7.05 Å². The number of halogens is 1. The molecular formula is C30H30FN7O3. The molecule has 2 aromatic heterocycles. The zero-order valence-electron chi connectivity index (χ0n) is 22.7. The second kappa shape index (κ2) is 10.7. The summed E-state index contributed by atoms with van der Waals surface area (Å²) < 4.78 is 15.1. The summed E-state index contributed by atoms with van der Waals surface area (Å²) in [5, 5.41) is 17.0. The molecule has 2 unspecified atom stereocenters. The number of benzene rings is 2. The van der Waals surface area contributed by atoms with Crippen molar-refractivity contribution in [3.05, 3.63) is 89.8 Å². The maximum atomic E-state index is 13.3. The minimum atomic E-state index is -1.39. The molecule has 2 atom stereocenters. The smallest absolute Gasteiger partial charge is 0.259 e. The monoisotopic (exact) mass is 555 g/mol. The molecule has 41 heavy (non-hydrogen) atoms. The molecule has 210 valence electrons. The molecule has 6 rings (SSSR count). The number of aliphatic hydroxyl groups excluding tert-OH is 1. The predicted octanol–water partition coefficient (Wildman–Crippen LogP) is 2.93. The Morgan fingerprint density at radius 1 is 1.12 bits per heavy atom. The Hall–Kier alpha value is -4.77. The fourth-order valence-electron chi connectivity index (χ4n) is 5.60. The first-order valence-corrected chi connectivity index (χ1v) is 13.4. The molecule has 0 aliphatic carbocycles. The maximum absolute atomic E-state index is 13.3. The number of fused-ring (bicyclic) bond motifs is 3. The topological polar surface area (TPSA) is 116 Å². The van der Waals surface area contributed by atoms with E-state index in [4.69, 9.17) is 0 Å². The van der Waals surface area contributed by atoms with E-state index < -0.39 is 23.9 Å². The summed E-state index contributed by atoms with van der Waals surface area (Å²) in [6.45, 7) is 3.66. The van der Waals surface area contributed by atoms with Crippen molar-refractivity contribution in [1.82, 2.24) is 19.9 Å². The Morgan fingerprint density at radius 3 is 2.63 bits per heavy atom. The van der Waals surface area contributed by atoms with E-state index in [0.29, 0.717) is 37.0 Å². The number of nitrogens with zero attached hydrogens (tertiary/aromatic N) is 5. The molecule has 0 bridgehead atoms. The van der Waals surface area contributed by atoms with Gasteiger partial charge in [-0.1, -0.05) is 30.3 Å². The van der Waals surface area contributed by atoms with Crippen LogP contribution in [-0.4, -0.2) is 57.1 Å². The number of rotatable bonds is 5. The number of amides is 2. The zero-order valence-corrected chi connectivity index (χ0v) is 22.7. The van der Waals surface area contributed by atoms with Crippen LogP contribution in [0.25, 0.3) is 11.1 Å². The summed E-state index contributed by atoms with van der Waals surface area (Å²) in [5.74, 6) is -0.823. The van der Waals surface area contributed by atoms with Crippen LogP contribution in [0.2, 0.25) is 0 Å². The lowest BCUT2D eigenvalue weighted by Gasteiger charge is -2.41. The Kier molecular flexibility index (Phi) is 6.88. The highest BCUT2D eigenvalue weighted by Gasteiger charge is 2.36. The van der Waals surface area contributed by atoms with Crippen LogP contribution in [0.15, 0.2) is 67.0 Å². The molecule has 11 heteroatoms. The second-order valence-corrected chi connectivity index (χ2v) is 10.3. The van der Waals surface area contributed by atoms with Crippen LogP contribution in [-0.2, 0) is 23.2 Å². The van der Waals surface area contributed by atoms with Gasteiger partial charge in [0.15, 0.2) is 11.9 Å². The number of nitrogens with one attached hydrogen (secondary N) is 2. The van der Waals surface area contributed by atoms with Crippen LogP contribution < -0.4 is 20.4 Å². The first-order chi connectivity index (χ1) is 19.8. The highest BCUT2D eigenvalue weighted by Crippen LogP contribution is 2.33. The third kappa shape index (κ3) is 5.00. The van der Waals surface area contributed by atoms with Crippen LogP contribution in [0.3, 0.4) is 0 Å². The van der Waals surface area contributed by atoms with E-state index in [1.165, 1.54) is 0 Å². The van der Waals surface area contributed by atoms with Crippen molar-refractivity contribution in [3.8, 4) is 11.1 Å². The normalized spacial score (nSPS) is 17.3. The van der Waals surface area contributed by atoms with Gasteiger partial charge < -0.3 is 30.1 Å². The van der Waals surface area contributed by atoms with Crippen molar-refractivity contribution in [3.63, 3.8) is 0 Å². The summed E-state index contributed by atoms with van der Waals surface area (Å²) in [6, 6.07) is 16.6. The summed E-state index contributed by atoms with van der Waals surface area (Å²) in [5.41, 5.74) is 5.40. The molecule has 2 amide bonds. The van der Waals surface area contributed by atoms with Gasteiger partial charge in [-0.15, -0.1) is 0 Å². The van der Waals surface area contributed by atoms with Gasteiger partial charge in [0.25, 0.3) is 5.91 Å². The molecular weight excluding hydrogens is 525 g/mol. The van der Waals surface area contributed by atoms with Crippen LogP contribution in [0.1, 0.15) is 23.1 Å². The minimum absolute atomic E-state index is 0.137. The summed E-state index contributed by atoms with van der Waals surface area (Å²) >= 11 is 0. The summed E-state index contributed by atoms with van der Waals surface area (Å²) in [6.07, 6.45) is 0.838. The Morgan fingerprint density at radius 2 is 1.88 bits per heavy atom. The van der Waals surface area contributed by atoms with E-state index in [1.807, 2.05) is 76.9 Å². The first-order valence-electron chi connectivity index (χ1n) is 13.4. The quantitative estimate of drug-likeness (QED) is 0.347. The molecule has 0 radical (unpaired) electrons. The van der Waals surface area contributed by atoms with Gasteiger partial charge in [-0.3, -0.25) is 9.59 Å². The molecule has 1 fully saturated rings. The van der Waals surface area contributed by atoms with Crippen molar-refractivity contribution in [2.75, 3.05) is 34.8 Å². The molecule has 10 nitrogen and oxygen atoms in total. The van der Waals surface area contributed by atoms with Gasteiger partial charge in [-0.05, 0) is 42.3 Å². The Labute approximate surface area is 236 Å². The van der Waals surface area contributed by atoms with Crippen LogP contribution in [0.4, 0.5) is 21.7 Å². The fraction of sp³-hybridized carbons (Fsp3) is 0.267. The molecule has 3 N–H and O–H groups in total. The lowest BCUT2D eigenvalue weighted by molar-refractivity contribution is -0.124. The number of carbonyl (C=O) groups excluding carboxylic acids is 2. The predicted molar refractivity (Wildman–Crippen MR) is 153 cm³/mol. The van der Waals surface area contributed by atoms with Crippen molar-refractivity contribution >= 4 is 29.1 Å². The number of piperazine rings is 1. The van der Waals surface area contributed by atoms with Crippen LogP contribution >= 0.6 is 0 Å². The Bertz CT molecular complexity index is 1610. The highest BCUT2D eigenvalue weighted by molar-refractivity contribution is 5.96. The number of hydrogen-bond donors (Lipinski definition) is 3. The molecule has 0 saturated carbocycles. The Balaban J connectivity index is 1.21. The minimum Gasteiger partial charge on any atom is -0.377 e. The zero-order chi connectivity index (χ0) is 28.7. The fourth-order valence-corrected chi connectivity index (χ4v) is 5.60. The second-order valence-electron chi connectivity index (χ2n) is 10.3. The number of carbonyl (C=O) groups is 2. The lowest BCUT2D eigenvalue weighted by Crippen LogP contribution is -2.58. The highest BCUT2D eigenvalue weighted by atomic mass is 19.1. The van der Waals surface area contributed by atoms with Crippen molar-refractivity contribution in [2.45, 2.75) is 25.6 Å². The van der Waals surface area contributed by atoms with Gasteiger partial charge in [-0.25, -0.2) is 14.4 Å². The SMILES string of the molecule is Cc1cc(-c2ccccc2)c(C(O)C(=O)Nc2ccc3c(c2)CNC(=O)C2CN(c4ncc(F)cn4)CCN32)n1C. The van der Waals surface area contributed by atoms with E-state index in [1.54, 1.807) is 6.07 Å². The molecule has 0 spiro atoms. The van der Waals surface area contributed by atoms with E-state index in [-0.39, 0.29) is 12.5 Å². The maximum Gasteiger partial charge on any atom is 0.259 e. The molecule has 2 aromatic carbocycles. The number of aliphatic hydroxyl groups is 1. The summed E-state index contributed by atoms with van der Waals surface area (Å²) in [7, 11) is 1.83. The third-order valence-electron chi connectivity index (χ3n) is 7.79.